The molecule has 1 fully saturated rings. The van der Waals surface area contributed by atoms with Gasteiger partial charge in [0, 0.05) is 30.3 Å². The third kappa shape index (κ3) is 4.53. The van der Waals surface area contributed by atoms with Crippen molar-refractivity contribution < 1.29 is 9.50 Å². The van der Waals surface area contributed by atoms with Crippen LogP contribution in [0.2, 0.25) is 5.02 Å². The summed E-state index contributed by atoms with van der Waals surface area (Å²) in [7, 11) is 0. The quantitative estimate of drug-likeness (QED) is 0.647. The Bertz CT molecular complexity index is 976. The second-order valence-corrected chi connectivity index (χ2v) is 8.39. The van der Waals surface area contributed by atoms with Crippen LogP contribution in [0, 0.1) is 11.2 Å². The molecule has 0 unspecified atom stereocenters. The Morgan fingerprint density at radius 2 is 1.93 bits per heavy atom. The summed E-state index contributed by atoms with van der Waals surface area (Å²) in [5.41, 5.74) is 2.29. The van der Waals surface area contributed by atoms with Crippen LogP contribution in [0.3, 0.4) is 0 Å². The van der Waals surface area contributed by atoms with Gasteiger partial charge in [0.15, 0.2) is 0 Å². The van der Waals surface area contributed by atoms with Gasteiger partial charge >= 0.3 is 0 Å². The lowest BCUT2D eigenvalue weighted by molar-refractivity contribution is 0.0283. The molecule has 1 atom stereocenters. The van der Waals surface area contributed by atoms with Gasteiger partial charge in [0.1, 0.15) is 5.82 Å². The van der Waals surface area contributed by atoms with Gasteiger partial charge in [-0.05, 0) is 49.6 Å². The van der Waals surface area contributed by atoms with E-state index >= 15 is 0 Å². The number of aliphatic hydroxyl groups is 1. The van der Waals surface area contributed by atoms with Crippen molar-refractivity contribution in [3.63, 3.8) is 0 Å². The van der Waals surface area contributed by atoms with Crippen LogP contribution in [0.25, 0.3) is 5.69 Å². The average molecular weight is 414 g/mol. The summed E-state index contributed by atoms with van der Waals surface area (Å²) < 4.78 is 16.0. The molecule has 1 aliphatic rings. The van der Waals surface area contributed by atoms with Crippen molar-refractivity contribution in [2.75, 3.05) is 19.7 Å². The highest BCUT2D eigenvalue weighted by atomic mass is 35.5. The molecular weight excluding hydrogens is 389 g/mol. The molecule has 3 aromatic rings. The number of benzene rings is 2. The monoisotopic (exact) mass is 413 g/mol. The first-order chi connectivity index (χ1) is 14.1. The molecule has 2 heterocycles. The summed E-state index contributed by atoms with van der Waals surface area (Å²) in [6.45, 7) is 2.48. The van der Waals surface area contributed by atoms with Crippen LogP contribution in [0.15, 0.2) is 60.9 Å². The molecule has 1 aromatic heterocycles. The van der Waals surface area contributed by atoms with Gasteiger partial charge in [-0.15, -0.1) is 0 Å². The fourth-order valence-electron chi connectivity index (χ4n) is 4.29. The van der Waals surface area contributed by atoms with E-state index in [-0.39, 0.29) is 17.8 Å². The van der Waals surface area contributed by atoms with Gasteiger partial charge in [-0.3, -0.25) is 4.90 Å². The maximum Gasteiger partial charge on any atom is 0.126 e. The van der Waals surface area contributed by atoms with Gasteiger partial charge in [0.2, 0.25) is 0 Å². The first kappa shape index (κ1) is 20.1. The molecule has 1 N–H and O–H groups in total. The minimum Gasteiger partial charge on any atom is -0.396 e. The van der Waals surface area contributed by atoms with Gasteiger partial charge in [-0.2, -0.15) is 5.10 Å². The van der Waals surface area contributed by atoms with Crippen molar-refractivity contribution >= 4 is 11.6 Å². The molecule has 0 aliphatic carbocycles. The van der Waals surface area contributed by atoms with Crippen molar-refractivity contribution in [1.29, 1.82) is 0 Å². The molecule has 1 aliphatic heterocycles. The lowest BCUT2D eigenvalue weighted by Crippen LogP contribution is -2.46. The minimum absolute atomic E-state index is 0.0523. The van der Waals surface area contributed by atoms with Crippen LogP contribution in [0.5, 0.6) is 0 Å². The Hall–Kier alpha value is -2.21. The number of para-hydroxylation sites is 1. The smallest absolute Gasteiger partial charge is 0.126 e. The lowest BCUT2D eigenvalue weighted by atomic mass is 9.75. The van der Waals surface area contributed by atoms with E-state index in [1.165, 1.54) is 6.07 Å². The molecule has 29 heavy (non-hydrogen) atoms. The van der Waals surface area contributed by atoms with Crippen LogP contribution in [-0.2, 0) is 13.0 Å². The van der Waals surface area contributed by atoms with E-state index in [0.717, 1.165) is 43.7 Å². The first-order valence-electron chi connectivity index (χ1n) is 9.94. The number of nitrogens with zero attached hydrogens (tertiary/aromatic N) is 3. The normalized spacial score (nSPS) is 20.1. The molecule has 152 valence electrons. The SMILES string of the molecule is OC[C@]1(Cc2ccccc2F)CCCN(Cc2cnn(-c3ccccc3Cl)c2)C1. The van der Waals surface area contributed by atoms with Crippen molar-refractivity contribution in [3.05, 3.63) is 82.9 Å². The van der Waals surface area contributed by atoms with Crippen molar-refractivity contribution in [2.24, 2.45) is 5.41 Å². The summed E-state index contributed by atoms with van der Waals surface area (Å²) in [4.78, 5) is 2.33. The Morgan fingerprint density at radius 1 is 1.14 bits per heavy atom. The highest BCUT2D eigenvalue weighted by molar-refractivity contribution is 6.32. The molecule has 1 saturated heterocycles. The van der Waals surface area contributed by atoms with E-state index in [4.69, 9.17) is 11.6 Å². The molecule has 0 radical (unpaired) electrons. The number of piperidine rings is 1. The predicted molar refractivity (Wildman–Crippen MR) is 113 cm³/mol. The van der Waals surface area contributed by atoms with E-state index in [0.29, 0.717) is 17.0 Å². The summed E-state index contributed by atoms with van der Waals surface area (Å²) in [5, 5.41) is 15.3. The Labute approximate surface area is 175 Å². The van der Waals surface area contributed by atoms with E-state index in [9.17, 15) is 9.50 Å². The topological polar surface area (TPSA) is 41.3 Å². The van der Waals surface area contributed by atoms with Crippen molar-refractivity contribution in [3.8, 4) is 5.69 Å². The van der Waals surface area contributed by atoms with Crippen molar-refractivity contribution in [1.82, 2.24) is 14.7 Å². The molecular formula is C23H25ClFN3O. The molecule has 0 spiro atoms. The molecule has 4 rings (SSSR count). The van der Waals surface area contributed by atoms with Gasteiger partial charge in [-0.1, -0.05) is 41.9 Å². The fraction of sp³-hybridized carbons (Fsp3) is 0.348. The molecule has 2 aromatic carbocycles. The lowest BCUT2D eigenvalue weighted by Gasteiger charge is -2.42. The van der Waals surface area contributed by atoms with Gasteiger partial charge < -0.3 is 5.11 Å². The van der Waals surface area contributed by atoms with E-state index in [1.807, 2.05) is 48.8 Å². The van der Waals surface area contributed by atoms with E-state index in [1.54, 1.807) is 10.7 Å². The van der Waals surface area contributed by atoms with Crippen LogP contribution >= 0.6 is 11.6 Å². The molecule has 0 amide bonds. The number of hydrogen-bond donors (Lipinski definition) is 1. The van der Waals surface area contributed by atoms with E-state index in [2.05, 4.69) is 10.00 Å². The second-order valence-electron chi connectivity index (χ2n) is 7.99. The highest BCUT2D eigenvalue weighted by Gasteiger charge is 2.35. The maximum absolute atomic E-state index is 14.2. The van der Waals surface area contributed by atoms with Crippen molar-refractivity contribution in [2.45, 2.75) is 25.8 Å². The van der Waals surface area contributed by atoms with Crippen LogP contribution < -0.4 is 0 Å². The van der Waals surface area contributed by atoms with Crippen LogP contribution in [0.1, 0.15) is 24.0 Å². The third-order valence-electron chi connectivity index (χ3n) is 5.74. The van der Waals surface area contributed by atoms with Gasteiger partial charge in [0.25, 0.3) is 0 Å². The van der Waals surface area contributed by atoms with E-state index < -0.39 is 0 Å². The minimum atomic E-state index is -0.320. The number of aliphatic hydroxyl groups excluding tert-OH is 1. The highest BCUT2D eigenvalue weighted by Crippen LogP contribution is 2.34. The number of rotatable bonds is 6. The Balaban J connectivity index is 1.47. The summed E-state index contributed by atoms with van der Waals surface area (Å²) >= 11 is 6.28. The third-order valence-corrected chi connectivity index (χ3v) is 6.06. The first-order valence-corrected chi connectivity index (χ1v) is 10.3. The molecule has 0 saturated carbocycles. The van der Waals surface area contributed by atoms with Crippen LogP contribution in [-0.4, -0.2) is 39.5 Å². The predicted octanol–water partition coefficient (Wildman–Crippen LogP) is 4.48. The number of halogens is 2. The van der Waals surface area contributed by atoms with Gasteiger partial charge in [0.05, 0.1) is 23.5 Å². The molecule has 0 bridgehead atoms. The molecule has 6 heteroatoms. The largest absolute Gasteiger partial charge is 0.396 e. The fourth-order valence-corrected chi connectivity index (χ4v) is 4.51. The standard InChI is InChI=1S/C23H25ClFN3O/c24-20-7-2-4-9-22(20)28-15-18(13-26-28)14-27-11-5-10-23(16-27,17-29)12-19-6-1-3-8-21(19)25/h1-4,6-9,13,15,29H,5,10-12,14,16-17H2/t23-/m0/s1. The zero-order valence-electron chi connectivity index (χ0n) is 16.3. The Kier molecular flexibility index (Phi) is 5.99. The second kappa shape index (κ2) is 8.66. The Morgan fingerprint density at radius 3 is 2.72 bits per heavy atom. The maximum atomic E-state index is 14.2. The summed E-state index contributed by atoms with van der Waals surface area (Å²) in [5.74, 6) is -0.196. The summed E-state index contributed by atoms with van der Waals surface area (Å²) in [6.07, 6.45) is 6.27. The number of aromatic nitrogens is 2. The number of likely N-dealkylation sites (tertiary alicyclic amines) is 1. The number of hydrogen-bond acceptors (Lipinski definition) is 3. The zero-order valence-corrected chi connectivity index (χ0v) is 17.0. The molecule has 4 nitrogen and oxygen atoms in total. The average Bonchev–Trinajstić information content (AvgIpc) is 3.18. The van der Waals surface area contributed by atoms with Crippen LogP contribution in [0.4, 0.5) is 4.39 Å². The summed E-state index contributed by atoms with van der Waals surface area (Å²) in [6, 6.07) is 14.5. The zero-order chi connectivity index (χ0) is 20.3. The van der Waals surface area contributed by atoms with Gasteiger partial charge in [-0.25, -0.2) is 9.07 Å².